The highest BCUT2D eigenvalue weighted by Crippen LogP contribution is 2.16. The molecule has 70 heavy (non-hydrogen) atoms. The fourth-order valence-electron chi connectivity index (χ4n) is 8.88. The first-order valence-corrected chi connectivity index (χ1v) is 30.6. The lowest BCUT2D eigenvalue weighted by Crippen LogP contribution is -2.30. The minimum Gasteiger partial charge on any atom is -0.462 e. The lowest BCUT2D eigenvalue weighted by Gasteiger charge is -2.18. The van der Waals surface area contributed by atoms with Crippen molar-refractivity contribution in [3.05, 3.63) is 48.6 Å². The number of ether oxygens (including phenoxy) is 3. The fraction of sp³-hybridized carbons (Fsp3) is 0.828. The van der Waals surface area contributed by atoms with Crippen LogP contribution in [0.15, 0.2) is 48.6 Å². The third-order valence-corrected chi connectivity index (χ3v) is 13.5. The van der Waals surface area contributed by atoms with E-state index >= 15 is 0 Å². The van der Waals surface area contributed by atoms with Gasteiger partial charge < -0.3 is 14.2 Å². The molecule has 0 rings (SSSR count). The standard InChI is InChI=1S/C64H116O6/c1-4-7-10-13-16-19-22-24-26-28-30-31-32-33-35-36-38-40-42-45-48-51-54-57-63(66)69-60-61(59-68-62(65)56-53-50-47-44-21-18-15-12-9-6-3)70-64(67)58-55-52-49-46-43-41-39-37-34-29-27-25-23-20-17-14-11-8-5-2/h12,15,17,20,25,27-28,30,61H,4-11,13-14,16,18-19,21-24,26,29,31-60H2,1-3H3/b15-12-,20-17-,27-25-,30-28-. The molecule has 0 radical (unpaired) electrons. The van der Waals surface area contributed by atoms with E-state index in [9.17, 15) is 14.4 Å². The van der Waals surface area contributed by atoms with Crippen molar-refractivity contribution in [2.24, 2.45) is 0 Å². The maximum absolute atomic E-state index is 12.9. The monoisotopic (exact) mass is 981 g/mol. The molecule has 0 saturated heterocycles. The summed E-state index contributed by atoms with van der Waals surface area (Å²) < 4.78 is 16.9. The predicted octanol–water partition coefficient (Wildman–Crippen LogP) is 20.6. The molecule has 0 aromatic heterocycles. The van der Waals surface area contributed by atoms with Crippen molar-refractivity contribution < 1.29 is 28.6 Å². The third kappa shape index (κ3) is 56.3. The van der Waals surface area contributed by atoms with Crippen LogP contribution in [-0.2, 0) is 28.6 Å². The second-order valence-electron chi connectivity index (χ2n) is 20.6. The Kier molecular flexibility index (Phi) is 56.7. The van der Waals surface area contributed by atoms with Gasteiger partial charge in [0.2, 0.25) is 0 Å². The first kappa shape index (κ1) is 67.4. The first-order valence-electron chi connectivity index (χ1n) is 30.6. The number of hydrogen-bond acceptors (Lipinski definition) is 6. The summed E-state index contributed by atoms with van der Waals surface area (Å²) in [6.07, 6.45) is 72.6. The SMILES string of the molecule is CCC/C=C\CCCCCCCC(=O)OCC(COC(=O)CCCCCCCCCCCCC/C=C\CCCCCCCCCC)OC(=O)CCCCCCCCCCC/C=C\C/C=C\CCCCC. The fourth-order valence-corrected chi connectivity index (χ4v) is 8.88. The highest BCUT2D eigenvalue weighted by molar-refractivity contribution is 5.71. The van der Waals surface area contributed by atoms with Crippen LogP contribution in [0.1, 0.15) is 323 Å². The van der Waals surface area contributed by atoms with Gasteiger partial charge in [-0.2, -0.15) is 0 Å². The molecule has 0 fully saturated rings. The molecule has 1 unspecified atom stereocenters. The molecular weight excluding hydrogens is 865 g/mol. The van der Waals surface area contributed by atoms with Crippen molar-refractivity contribution in [1.29, 1.82) is 0 Å². The van der Waals surface area contributed by atoms with Crippen molar-refractivity contribution in [2.45, 2.75) is 329 Å². The molecule has 0 amide bonds. The van der Waals surface area contributed by atoms with Gasteiger partial charge in [-0.15, -0.1) is 0 Å². The molecule has 1 atom stereocenters. The van der Waals surface area contributed by atoms with Gasteiger partial charge in [0, 0.05) is 19.3 Å². The lowest BCUT2D eigenvalue weighted by atomic mass is 10.0. The number of carbonyl (C=O) groups excluding carboxylic acids is 3. The smallest absolute Gasteiger partial charge is 0.306 e. The average molecular weight is 982 g/mol. The van der Waals surface area contributed by atoms with E-state index in [0.717, 1.165) is 77.0 Å². The molecule has 0 spiro atoms. The van der Waals surface area contributed by atoms with Gasteiger partial charge in [0.25, 0.3) is 0 Å². The highest BCUT2D eigenvalue weighted by Gasteiger charge is 2.19. The van der Waals surface area contributed by atoms with E-state index in [-0.39, 0.29) is 31.1 Å². The molecule has 6 heteroatoms. The maximum atomic E-state index is 12.9. The van der Waals surface area contributed by atoms with E-state index in [1.165, 1.54) is 205 Å². The Balaban J connectivity index is 4.24. The van der Waals surface area contributed by atoms with Crippen LogP contribution in [0.2, 0.25) is 0 Å². The second-order valence-corrected chi connectivity index (χ2v) is 20.6. The quantitative estimate of drug-likeness (QED) is 0.0261. The largest absolute Gasteiger partial charge is 0.462 e. The topological polar surface area (TPSA) is 78.9 Å². The normalized spacial score (nSPS) is 12.3. The van der Waals surface area contributed by atoms with Crippen molar-refractivity contribution in [3.8, 4) is 0 Å². The molecule has 6 nitrogen and oxygen atoms in total. The molecule has 0 N–H and O–H groups in total. The van der Waals surface area contributed by atoms with Gasteiger partial charge in [-0.3, -0.25) is 14.4 Å². The Morgan fingerprint density at radius 3 is 0.886 bits per heavy atom. The van der Waals surface area contributed by atoms with Crippen LogP contribution in [0.4, 0.5) is 0 Å². The molecule has 0 aliphatic heterocycles. The predicted molar refractivity (Wildman–Crippen MR) is 302 cm³/mol. The van der Waals surface area contributed by atoms with Gasteiger partial charge in [-0.1, -0.05) is 256 Å². The summed E-state index contributed by atoms with van der Waals surface area (Å²) in [7, 11) is 0. The van der Waals surface area contributed by atoms with Crippen LogP contribution in [0.3, 0.4) is 0 Å². The zero-order chi connectivity index (χ0) is 50.7. The summed E-state index contributed by atoms with van der Waals surface area (Å²) in [6, 6.07) is 0. The van der Waals surface area contributed by atoms with Crippen molar-refractivity contribution in [1.82, 2.24) is 0 Å². The minimum absolute atomic E-state index is 0.0760. The number of allylic oxidation sites excluding steroid dienone is 8. The molecular formula is C64H116O6. The molecule has 0 bridgehead atoms. The summed E-state index contributed by atoms with van der Waals surface area (Å²) in [4.78, 5) is 38.1. The zero-order valence-electron chi connectivity index (χ0n) is 46.8. The Morgan fingerprint density at radius 2 is 0.543 bits per heavy atom. The van der Waals surface area contributed by atoms with Crippen LogP contribution in [-0.4, -0.2) is 37.2 Å². The first-order chi connectivity index (χ1) is 34.5. The second kappa shape index (κ2) is 58.9. The number of rotatable bonds is 56. The van der Waals surface area contributed by atoms with Crippen LogP contribution in [0, 0.1) is 0 Å². The van der Waals surface area contributed by atoms with E-state index in [2.05, 4.69) is 69.4 Å². The molecule has 0 heterocycles. The number of esters is 3. The number of hydrogen-bond donors (Lipinski definition) is 0. The van der Waals surface area contributed by atoms with E-state index in [1.807, 2.05) is 0 Å². The Morgan fingerprint density at radius 1 is 0.286 bits per heavy atom. The van der Waals surface area contributed by atoms with Gasteiger partial charge in [0.05, 0.1) is 0 Å². The maximum Gasteiger partial charge on any atom is 0.306 e. The van der Waals surface area contributed by atoms with Gasteiger partial charge >= 0.3 is 17.9 Å². The lowest BCUT2D eigenvalue weighted by molar-refractivity contribution is -0.167. The summed E-state index contributed by atoms with van der Waals surface area (Å²) in [5.74, 6) is -0.878. The Bertz CT molecular complexity index is 1220. The molecule has 0 aromatic rings. The van der Waals surface area contributed by atoms with E-state index in [4.69, 9.17) is 14.2 Å². The van der Waals surface area contributed by atoms with Gasteiger partial charge in [-0.25, -0.2) is 0 Å². The van der Waals surface area contributed by atoms with E-state index < -0.39 is 6.10 Å². The third-order valence-electron chi connectivity index (χ3n) is 13.5. The summed E-state index contributed by atoms with van der Waals surface area (Å²) in [5.41, 5.74) is 0. The van der Waals surface area contributed by atoms with Gasteiger partial charge in [-0.05, 0) is 96.3 Å². The number of carbonyl (C=O) groups is 3. The highest BCUT2D eigenvalue weighted by atomic mass is 16.6. The minimum atomic E-state index is -0.778. The van der Waals surface area contributed by atoms with Crippen LogP contribution in [0.5, 0.6) is 0 Å². The van der Waals surface area contributed by atoms with Gasteiger partial charge in [0.15, 0.2) is 6.10 Å². The average Bonchev–Trinajstić information content (AvgIpc) is 3.36. The summed E-state index contributed by atoms with van der Waals surface area (Å²) in [6.45, 7) is 6.58. The van der Waals surface area contributed by atoms with Crippen LogP contribution >= 0.6 is 0 Å². The summed E-state index contributed by atoms with van der Waals surface area (Å²) in [5, 5.41) is 0. The van der Waals surface area contributed by atoms with Gasteiger partial charge in [0.1, 0.15) is 13.2 Å². The van der Waals surface area contributed by atoms with Crippen LogP contribution in [0.25, 0.3) is 0 Å². The molecule has 0 aliphatic rings. The zero-order valence-corrected chi connectivity index (χ0v) is 46.8. The summed E-state index contributed by atoms with van der Waals surface area (Å²) >= 11 is 0. The molecule has 0 aliphatic carbocycles. The molecule has 0 saturated carbocycles. The Hall–Kier alpha value is -2.63. The Labute approximate surface area is 435 Å². The molecule has 408 valence electrons. The van der Waals surface area contributed by atoms with Crippen molar-refractivity contribution in [2.75, 3.05) is 13.2 Å². The molecule has 0 aromatic carbocycles. The van der Waals surface area contributed by atoms with E-state index in [0.29, 0.717) is 19.3 Å². The van der Waals surface area contributed by atoms with Crippen molar-refractivity contribution in [3.63, 3.8) is 0 Å². The van der Waals surface area contributed by atoms with Crippen LogP contribution < -0.4 is 0 Å². The van der Waals surface area contributed by atoms with Crippen molar-refractivity contribution >= 4 is 17.9 Å². The number of unbranched alkanes of at least 4 members (excludes halogenated alkanes) is 37. The van der Waals surface area contributed by atoms with E-state index in [1.54, 1.807) is 0 Å².